The maximum absolute atomic E-state index is 12.1. The van der Waals surface area contributed by atoms with E-state index in [-0.39, 0.29) is 18.2 Å². The van der Waals surface area contributed by atoms with E-state index in [1.807, 2.05) is 44.4 Å². The van der Waals surface area contributed by atoms with E-state index < -0.39 is 0 Å². The van der Waals surface area contributed by atoms with Crippen LogP contribution in [0.3, 0.4) is 0 Å². The smallest absolute Gasteiger partial charge is 0.317 e. The number of nitrogens with one attached hydrogen (secondary N) is 1. The fraction of sp³-hybridized carbons (Fsp3) is 0.562. The maximum Gasteiger partial charge on any atom is 0.317 e. The summed E-state index contributed by atoms with van der Waals surface area (Å²) in [7, 11) is 4.03. The highest BCUT2D eigenvalue weighted by Gasteiger charge is 2.32. The molecule has 1 saturated heterocycles. The van der Waals surface area contributed by atoms with Gasteiger partial charge in [-0.25, -0.2) is 4.79 Å². The van der Waals surface area contributed by atoms with E-state index in [9.17, 15) is 4.79 Å². The number of hydrogen-bond acceptors (Lipinski definition) is 3. The lowest BCUT2D eigenvalue weighted by molar-refractivity contribution is 0.0430. The molecular formula is C16H25N3O2. The van der Waals surface area contributed by atoms with Gasteiger partial charge in [-0.2, -0.15) is 0 Å². The van der Waals surface area contributed by atoms with Crippen LogP contribution < -0.4 is 10.1 Å². The molecule has 21 heavy (non-hydrogen) atoms. The normalized spacial score (nSPS) is 16.5. The highest BCUT2D eigenvalue weighted by atomic mass is 16.5. The van der Waals surface area contributed by atoms with Crippen molar-refractivity contribution in [2.24, 2.45) is 0 Å². The molecule has 116 valence electrons. The monoisotopic (exact) mass is 291 g/mol. The van der Waals surface area contributed by atoms with E-state index in [1.54, 1.807) is 4.90 Å². The van der Waals surface area contributed by atoms with Crippen LogP contribution in [0.15, 0.2) is 30.3 Å². The highest BCUT2D eigenvalue weighted by Crippen LogP contribution is 2.17. The number of para-hydroxylation sites is 1. The Bertz CT molecular complexity index is 444. The Morgan fingerprint density at radius 1 is 1.38 bits per heavy atom. The number of carbonyl (C=O) groups excluding carboxylic acids is 1. The third-order valence-electron chi connectivity index (χ3n) is 3.59. The number of nitrogens with zero attached hydrogens (tertiary/aromatic N) is 2. The van der Waals surface area contributed by atoms with Gasteiger partial charge < -0.3 is 19.9 Å². The maximum atomic E-state index is 12.1. The molecule has 5 nitrogen and oxygen atoms in total. The highest BCUT2D eigenvalue weighted by molar-refractivity contribution is 5.75. The first-order valence-corrected chi connectivity index (χ1v) is 7.50. The summed E-state index contributed by atoms with van der Waals surface area (Å²) < 4.78 is 5.80. The molecule has 0 bridgehead atoms. The number of ether oxygens (including phenoxy) is 1. The van der Waals surface area contributed by atoms with Crippen molar-refractivity contribution in [1.29, 1.82) is 0 Å². The first-order chi connectivity index (χ1) is 10.1. The summed E-state index contributed by atoms with van der Waals surface area (Å²) in [6.07, 6.45) is 1.04. The zero-order chi connectivity index (χ0) is 15.2. The van der Waals surface area contributed by atoms with Crippen molar-refractivity contribution in [2.75, 3.05) is 33.7 Å². The van der Waals surface area contributed by atoms with Crippen molar-refractivity contribution < 1.29 is 9.53 Å². The molecule has 1 N–H and O–H groups in total. The van der Waals surface area contributed by atoms with E-state index in [0.717, 1.165) is 18.7 Å². The third-order valence-corrected chi connectivity index (χ3v) is 3.59. The standard InChI is InChI=1S/C16H25N3O2/c1-4-13(10-18(2)3)17-16(20)19-11-15(12-19)21-14-8-6-5-7-9-14/h5-9,13,15H,4,10-12H2,1-3H3,(H,17,20)/t13-/m1/s1. The van der Waals surface area contributed by atoms with Crippen LogP contribution in [0.5, 0.6) is 5.75 Å². The summed E-state index contributed by atoms with van der Waals surface area (Å²) in [4.78, 5) is 16.0. The number of rotatable bonds is 6. The lowest BCUT2D eigenvalue weighted by atomic mass is 10.1. The predicted molar refractivity (Wildman–Crippen MR) is 83.6 cm³/mol. The van der Waals surface area contributed by atoms with Crippen LogP contribution in [-0.2, 0) is 0 Å². The minimum absolute atomic E-state index is 0.0108. The molecule has 1 aromatic rings. The molecule has 1 aliphatic heterocycles. The zero-order valence-electron chi connectivity index (χ0n) is 13.1. The minimum Gasteiger partial charge on any atom is -0.487 e. The van der Waals surface area contributed by atoms with Gasteiger partial charge in [-0.15, -0.1) is 0 Å². The number of amides is 2. The Labute approximate surface area is 126 Å². The quantitative estimate of drug-likeness (QED) is 0.869. The van der Waals surface area contributed by atoms with E-state index in [2.05, 4.69) is 17.1 Å². The summed E-state index contributed by atoms with van der Waals surface area (Å²) in [6, 6.07) is 9.94. The van der Waals surface area contributed by atoms with Gasteiger partial charge in [0.1, 0.15) is 11.9 Å². The number of likely N-dealkylation sites (tertiary alicyclic amines) is 1. The second-order valence-corrected chi connectivity index (χ2v) is 5.77. The number of likely N-dealkylation sites (N-methyl/N-ethyl adjacent to an activating group) is 1. The molecule has 0 saturated carbocycles. The fourth-order valence-electron chi connectivity index (χ4n) is 2.35. The van der Waals surface area contributed by atoms with Gasteiger partial charge in [0.25, 0.3) is 0 Å². The summed E-state index contributed by atoms with van der Waals surface area (Å²) in [6.45, 7) is 4.25. The number of urea groups is 1. The van der Waals surface area contributed by atoms with Crippen LogP contribution in [0.1, 0.15) is 13.3 Å². The largest absolute Gasteiger partial charge is 0.487 e. The molecule has 5 heteroatoms. The van der Waals surface area contributed by atoms with E-state index >= 15 is 0 Å². The van der Waals surface area contributed by atoms with Crippen LogP contribution in [0.25, 0.3) is 0 Å². The average molecular weight is 291 g/mol. The third kappa shape index (κ3) is 4.63. The van der Waals surface area contributed by atoms with Crippen LogP contribution in [0.4, 0.5) is 4.79 Å². The molecule has 1 aromatic carbocycles. The SMILES string of the molecule is CC[C@H](CN(C)C)NC(=O)N1CC(Oc2ccccc2)C1. The first kappa shape index (κ1) is 15.6. The van der Waals surface area contributed by atoms with Gasteiger partial charge in [0.15, 0.2) is 0 Å². The van der Waals surface area contributed by atoms with Crippen LogP contribution >= 0.6 is 0 Å². The lowest BCUT2D eigenvalue weighted by Crippen LogP contribution is -2.60. The van der Waals surface area contributed by atoms with E-state index in [1.165, 1.54) is 0 Å². The molecule has 2 rings (SSSR count). The van der Waals surface area contributed by atoms with Crippen LogP contribution in [0.2, 0.25) is 0 Å². The molecular weight excluding hydrogens is 266 g/mol. The molecule has 0 aliphatic carbocycles. The van der Waals surface area contributed by atoms with Gasteiger partial charge in [0, 0.05) is 12.6 Å². The molecule has 2 amide bonds. The Hall–Kier alpha value is -1.75. The zero-order valence-corrected chi connectivity index (χ0v) is 13.1. The molecule has 0 radical (unpaired) electrons. The summed E-state index contributed by atoms with van der Waals surface area (Å²) >= 11 is 0. The van der Waals surface area contributed by atoms with E-state index in [4.69, 9.17) is 4.74 Å². The van der Waals surface area contributed by atoms with Gasteiger partial charge in [-0.05, 0) is 32.6 Å². The Morgan fingerprint density at radius 3 is 2.62 bits per heavy atom. The lowest BCUT2D eigenvalue weighted by Gasteiger charge is -2.39. The van der Waals surface area contributed by atoms with Crippen molar-refractivity contribution >= 4 is 6.03 Å². The van der Waals surface area contributed by atoms with E-state index in [0.29, 0.717) is 13.1 Å². The summed E-state index contributed by atoms with van der Waals surface area (Å²) in [5.74, 6) is 0.863. The number of benzene rings is 1. The molecule has 1 atom stereocenters. The topological polar surface area (TPSA) is 44.8 Å². The van der Waals surface area contributed by atoms with Crippen molar-refractivity contribution in [3.8, 4) is 5.75 Å². The fourth-order valence-corrected chi connectivity index (χ4v) is 2.35. The number of hydrogen-bond donors (Lipinski definition) is 1. The second kappa shape index (κ2) is 7.31. The van der Waals surface area contributed by atoms with Crippen LogP contribution in [-0.4, -0.2) is 61.7 Å². The average Bonchev–Trinajstić information content (AvgIpc) is 2.42. The minimum atomic E-state index is 0.0108. The van der Waals surface area contributed by atoms with Gasteiger partial charge >= 0.3 is 6.03 Å². The van der Waals surface area contributed by atoms with Gasteiger partial charge in [-0.1, -0.05) is 25.1 Å². The van der Waals surface area contributed by atoms with Gasteiger partial charge in [0.2, 0.25) is 0 Å². The van der Waals surface area contributed by atoms with Crippen molar-refractivity contribution in [3.63, 3.8) is 0 Å². The van der Waals surface area contributed by atoms with Crippen molar-refractivity contribution in [1.82, 2.24) is 15.1 Å². The predicted octanol–water partition coefficient (Wildman–Crippen LogP) is 1.80. The first-order valence-electron chi connectivity index (χ1n) is 7.50. The van der Waals surface area contributed by atoms with Crippen LogP contribution in [0, 0.1) is 0 Å². The Kier molecular flexibility index (Phi) is 5.44. The molecule has 1 heterocycles. The Morgan fingerprint density at radius 2 is 2.05 bits per heavy atom. The number of carbonyl (C=O) groups is 1. The molecule has 0 aromatic heterocycles. The second-order valence-electron chi connectivity index (χ2n) is 5.77. The Balaban J connectivity index is 1.72. The van der Waals surface area contributed by atoms with Crippen molar-refractivity contribution in [3.05, 3.63) is 30.3 Å². The summed E-state index contributed by atoms with van der Waals surface area (Å²) in [5, 5.41) is 3.07. The molecule has 0 spiro atoms. The molecule has 1 aliphatic rings. The van der Waals surface area contributed by atoms with Gasteiger partial charge in [0.05, 0.1) is 13.1 Å². The summed E-state index contributed by atoms with van der Waals surface area (Å²) in [5.41, 5.74) is 0. The van der Waals surface area contributed by atoms with Crippen molar-refractivity contribution in [2.45, 2.75) is 25.5 Å². The molecule has 0 unspecified atom stereocenters. The molecule has 1 fully saturated rings. The van der Waals surface area contributed by atoms with Gasteiger partial charge in [-0.3, -0.25) is 0 Å².